The molecule has 0 bridgehead atoms. The Balaban J connectivity index is 1.36. The van der Waals surface area contributed by atoms with Crippen molar-refractivity contribution in [2.75, 3.05) is 18.0 Å². The average molecular weight is 450 g/mol. The van der Waals surface area contributed by atoms with Gasteiger partial charge in [0.25, 0.3) is 11.8 Å². The molecule has 2 amide bonds. The summed E-state index contributed by atoms with van der Waals surface area (Å²) in [6.45, 7) is 1.68. The molecular formula is C25H24F2N4O2. The number of amides is 2. The normalized spacial score (nSPS) is 14.1. The first-order valence-electron chi connectivity index (χ1n) is 10.8. The number of aromatic nitrogens is 1. The Bertz CT molecular complexity index is 1110. The Morgan fingerprint density at radius 1 is 0.939 bits per heavy atom. The highest BCUT2D eigenvalue weighted by Gasteiger charge is 2.24. The van der Waals surface area contributed by atoms with E-state index >= 15 is 0 Å². The number of pyridine rings is 1. The summed E-state index contributed by atoms with van der Waals surface area (Å²) in [6, 6.07) is 13.8. The molecule has 1 aliphatic heterocycles. The fraction of sp³-hybridized carbons (Fsp3) is 0.240. The molecule has 2 heterocycles. The van der Waals surface area contributed by atoms with E-state index in [-0.39, 0.29) is 17.5 Å². The minimum Gasteiger partial charge on any atom is -0.371 e. The van der Waals surface area contributed by atoms with E-state index in [1.807, 2.05) is 30.3 Å². The summed E-state index contributed by atoms with van der Waals surface area (Å²) in [4.78, 5) is 31.3. The number of para-hydroxylation sites is 1. The van der Waals surface area contributed by atoms with Crippen molar-refractivity contribution in [2.45, 2.75) is 25.4 Å². The molecule has 8 heteroatoms. The van der Waals surface area contributed by atoms with Crippen molar-refractivity contribution in [3.8, 4) is 0 Å². The smallest absolute Gasteiger partial charge is 0.253 e. The zero-order chi connectivity index (χ0) is 23.2. The van der Waals surface area contributed by atoms with E-state index < -0.39 is 17.5 Å². The summed E-state index contributed by atoms with van der Waals surface area (Å²) < 4.78 is 26.8. The highest BCUT2D eigenvalue weighted by molar-refractivity contribution is 5.99. The third-order valence-electron chi connectivity index (χ3n) is 5.65. The van der Waals surface area contributed by atoms with Gasteiger partial charge in [-0.15, -0.1) is 0 Å². The van der Waals surface area contributed by atoms with Gasteiger partial charge in [0.15, 0.2) is 0 Å². The summed E-state index contributed by atoms with van der Waals surface area (Å²) in [7, 11) is 0. The molecule has 170 valence electrons. The number of piperidine rings is 1. The van der Waals surface area contributed by atoms with E-state index in [1.165, 1.54) is 0 Å². The lowest BCUT2D eigenvalue weighted by Gasteiger charge is -2.35. The number of hydrogen-bond donors (Lipinski definition) is 2. The minimum absolute atomic E-state index is 0.0360. The maximum absolute atomic E-state index is 13.4. The Morgan fingerprint density at radius 3 is 2.30 bits per heavy atom. The van der Waals surface area contributed by atoms with Crippen molar-refractivity contribution >= 4 is 17.5 Å². The zero-order valence-electron chi connectivity index (χ0n) is 17.9. The van der Waals surface area contributed by atoms with Crippen LogP contribution in [0, 0.1) is 11.6 Å². The molecule has 1 saturated heterocycles. The van der Waals surface area contributed by atoms with Crippen LogP contribution in [0.15, 0.2) is 67.0 Å². The first-order chi connectivity index (χ1) is 16.0. The lowest BCUT2D eigenvalue weighted by molar-refractivity contribution is 0.0928. The number of carbonyl (C=O) groups is 2. The van der Waals surface area contributed by atoms with Gasteiger partial charge < -0.3 is 15.5 Å². The molecule has 4 rings (SSSR count). The number of nitrogens with one attached hydrogen (secondary N) is 2. The summed E-state index contributed by atoms with van der Waals surface area (Å²) >= 11 is 0. The number of benzene rings is 2. The molecule has 1 aromatic heterocycles. The van der Waals surface area contributed by atoms with E-state index in [2.05, 4.69) is 20.5 Å². The predicted octanol–water partition coefficient (Wildman–Crippen LogP) is 3.69. The van der Waals surface area contributed by atoms with E-state index in [0.29, 0.717) is 38.0 Å². The summed E-state index contributed by atoms with van der Waals surface area (Å²) in [5, 5.41) is 5.80. The SMILES string of the molecule is O=C(NC1CCN(c2ccccc2C(=O)NCc2ccncc2)CC1)c1cc(F)cc(F)c1. The van der Waals surface area contributed by atoms with Crippen molar-refractivity contribution in [1.29, 1.82) is 0 Å². The van der Waals surface area contributed by atoms with Gasteiger partial charge in [0.1, 0.15) is 11.6 Å². The topological polar surface area (TPSA) is 74.3 Å². The molecule has 2 N–H and O–H groups in total. The van der Waals surface area contributed by atoms with E-state index in [9.17, 15) is 18.4 Å². The van der Waals surface area contributed by atoms with Crippen molar-refractivity contribution in [2.24, 2.45) is 0 Å². The standard InChI is InChI=1S/C25H24F2N4O2/c26-19-13-18(14-20(27)15-19)24(32)30-21-7-11-31(12-8-21)23-4-2-1-3-22(23)25(33)29-16-17-5-9-28-10-6-17/h1-6,9-10,13-15,21H,7-8,11-12,16H2,(H,29,33)(H,30,32). The van der Waals surface area contributed by atoms with Crippen LogP contribution in [-0.2, 0) is 6.54 Å². The number of carbonyl (C=O) groups excluding carboxylic acids is 2. The highest BCUT2D eigenvalue weighted by Crippen LogP contribution is 2.24. The van der Waals surface area contributed by atoms with Gasteiger partial charge in [0.05, 0.1) is 5.56 Å². The zero-order valence-corrected chi connectivity index (χ0v) is 17.9. The molecule has 0 atom stereocenters. The second kappa shape index (κ2) is 10.2. The van der Waals surface area contributed by atoms with Crippen molar-refractivity contribution in [3.63, 3.8) is 0 Å². The Morgan fingerprint density at radius 2 is 1.61 bits per heavy atom. The number of rotatable bonds is 6. The first-order valence-corrected chi connectivity index (χ1v) is 10.8. The predicted molar refractivity (Wildman–Crippen MR) is 121 cm³/mol. The summed E-state index contributed by atoms with van der Waals surface area (Å²) in [6.07, 6.45) is 4.67. The Kier molecular flexibility index (Phi) is 6.92. The van der Waals surface area contributed by atoms with Crippen LogP contribution >= 0.6 is 0 Å². The van der Waals surface area contributed by atoms with E-state index in [4.69, 9.17) is 0 Å². The van der Waals surface area contributed by atoms with Crippen LogP contribution in [0.5, 0.6) is 0 Å². The number of hydrogen-bond acceptors (Lipinski definition) is 4. The largest absolute Gasteiger partial charge is 0.371 e. The molecule has 6 nitrogen and oxygen atoms in total. The summed E-state index contributed by atoms with van der Waals surface area (Å²) in [5.41, 5.74) is 2.35. The van der Waals surface area contributed by atoms with Crippen molar-refractivity contribution in [1.82, 2.24) is 15.6 Å². The monoisotopic (exact) mass is 450 g/mol. The molecule has 0 aliphatic carbocycles. The van der Waals surface area contributed by atoms with Crippen LogP contribution in [0.2, 0.25) is 0 Å². The van der Waals surface area contributed by atoms with Crippen molar-refractivity contribution < 1.29 is 18.4 Å². The second-order valence-electron chi connectivity index (χ2n) is 7.95. The fourth-order valence-electron chi connectivity index (χ4n) is 3.94. The summed E-state index contributed by atoms with van der Waals surface area (Å²) in [5.74, 6) is -2.23. The molecule has 33 heavy (non-hydrogen) atoms. The van der Waals surface area contributed by atoms with Crippen LogP contribution in [0.25, 0.3) is 0 Å². The van der Waals surface area contributed by atoms with E-state index in [1.54, 1.807) is 18.5 Å². The molecular weight excluding hydrogens is 426 g/mol. The van der Waals surface area contributed by atoms with Crippen LogP contribution < -0.4 is 15.5 Å². The molecule has 3 aromatic rings. The van der Waals surface area contributed by atoms with Crippen molar-refractivity contribution in [3.05, 3.63) is 95.3 Å². The van der Waals surface area contributed by atoms with Crippen LogP contribution in [0.3, 0.4) is 0 Å². The maximum Gasteiger partial charge on any atom is 0.253 e. The van der Waals surface area contributed by atoms with Gasteiger partial charge >= 0.3 is 0 Å². The van der Waals surface area contributed by atoms with Gasteiger partial charge in [0, 0.05) is 55.4 Å². The number of nitrogens with zero attached hydrogens (tertiary/aromatic N) is 2. The molecule has 0 unspecified atom stereocenters. The molecule has 0 radical (unpaired) electrons. The van der Waals surface area contributed by atoms with Gasteiger partial charge in [0.2, 0.25) is 0 Å². The molecule has 1 aliphatic rings. The quantitative estimate of drug-likeness (QED) is 0.601. The molecule has 0 spiro atoms. The van der Waals surface area contributed by atoms with Gasteiger partial charge in [-0.2, -0.15) is 0 Å². The first kappa shape index (κ1) is 22.4. The number of halogens is 2. The lowest BCUT2D eigenvalue weighted by Crippen LogP contribution is -2.45. The fourth-order valence-corrected chi connectivity index (χ4v) is 3.94. The van der Waals surface area contributed by atoms with Gasteiger partial charge in [-0.25, -0.2) is 8.78 Å². The Hall–Kier alpha value is -3.81. The lowest BCUT2D eigenvalue weighted by atomic mass is 10.0. The van der Waals surface area contributed by atoms with E-state index in [0.717, 1.165) is 29.4 Å². The third-order valence-corrected chi connectivity index (χ3v) is 5.65. The van der Waals surface area contributed by atoms with Crippen LogP contribution in [-0.4, -0.2) is 35.9 Å². The minimum atomic E-state index is -0.784. The van der Waals surface area contributed by atoms with Gasteiger partial charge in [-0.05, 0) is 54.8 Å². The molecule has 1 fully saturated rings. The maximum atomic E-state index is 13.4. The average Bonchev–Trinajstić information content (AvgIpc) is 2.83. The second-order valence-corrected chi connectivity index (χ2v) is 7.95. The van der Waals surface area contributed by atoms with Gasteiger partial charge in [-0.1, -0.05) is 12.1 Å². The molecule has 2 aromatic carbocycles. The number of anilines is 1. The Labute approximate surface area is 190 Å². The van der Waals surface area contributed by atoms with Crippen LogP contribution in [0.4, 0.5) is 14.5 Å². The third kappa shape index (κ3) is 5.71. The van der Waals surface area contributed by atoms with Gasteiger partial charge in [-0.3, -0.25) is 14.6 Å². The van der Waals surface area contributed by atoms with Crippen LogP contribution in [0.1, 0.15) is 39.1 Å². The highest BCUT2D eigenvalue weighted by atomic mass is 19.1. The molecule has 0 saturated carbocycles.